The molecule has 0 aliphatic rings. The molecule has 0 aliphatic carbocycles. The van der Waals surface area contributed by atoms with Crippen LogP contribution in [0.15, 0.2) is 133 Å². The lowest BCUT2D eigenvalue weighted by Gasteiger charge is -2.08. The van der Waals surface area contributed by atoms with Crippen LogP contribution in [0.5, 0.6) is 0 Å². The Hall–Kier alpha value is -6.24. The first kappa shape index (κ1) is 43.8. The largest absolute Gasteiger partial charge is 0.478 e. The van der Waals surface area contributed by atoms with Crippen molar-refractivity contribution in [1.29, 1.82) is 0 Å². The summed E-state index contributed by atoms with van der Waals surface area (Å²) in [6.45, 7) is 6.05. The van der Waals surface area contributed by atoms with Gasteiger partial charge in [0.1, 0.15) is 0 Å². The van der Waals surface area contributed by atoms with Gasteiger partial charge in [0.15, 0.2) is 0 Å². The molecule has 0 unspecified atom stereocenters. The van der Waals surface area contributed by atoms with Crippen molar-refractivity contribution in [3.05, 3.63) is 188 Å². The van der Waals surface area contributed by atoms with Gasteiger partial charge in [-0.2, -0.15) is 26.3 Å². The zero-order valence-electron chi connectivity index (χ0n) is 33.6. The summed E-state index contributed by atoms with van der Waals surface area (Å²) in [6.07, 6.45) is -7.89. The minimum atomic E-state index is -4.37. The first-order chi connectivity index (χ1) is 29.5. The van der Waals surface area contributed by atoms with Crippen LogP contribution in [-0.4, -0.2) is 23.7 Å². The summed E-state index contributed by atoms with van der Waals surface area (Å²) in [6, 6.07) is 36.8. The fraction of sp³-hybridized carbons (Fsp3) is 0.160. The molecule has 316 valence electrons. The molecule has 0 saturated heterocycles. The maximum absolute atomic E-state index is 13.1. The van der Waals surface area contributed by atoms with Gasteiger partial charge >= 0.3 is 24.3 Å². The molecule has 0 bridgehead atoms. The number of rotatable bonds is 9. The number of aryl methyl sites for hydroxylation is 2. The second kappa shape index (κ2) is 18.0. The molecule has 2 aromatic heterocycles. The first-order valence-electron chi connectivity index (χ1n) is 19.5. The average molecular weight is 881 g/mol. The molecule has 62 heavy (non-hydrogen) atoms. The van der Waals surface area contributed by atoms with E-state index < -0.39 is 29.4 Å². The van der Waals surface area contributed by atoms with Crippen LogP contribution in [0, 0.1) is 13.8 Å². The number of carboxylic acid groups (broad SMARTS) is 1. The predicted molar refractivity (Wildman–Crippen MR) is 235 cm³/mol. The molecule has 0 spiro atoms. The van der Waals surface area contributed by atoms with Crippen LogP contribution in [0.2, 0.25) is 0 Å². The Balaban J connectivity index is 0.000000187. The molecule has 6 aromatic carbocycles. The quantitative estimate of drug-likeness (QED) is 0.116. The number of benzene rings is 6. The Morgan fingerprint density at radius 3 is 1.42 bits per heavy atom. The van der Waals surface area contributed by atoms with Crippen molar-refractivity contribution >= 4 is 54.8 Å². The van der Waals surface area contributed by atoms with Crippen molar-refractivity contribution in [2.45, 2.75) is 46.0 Å². The third-order valence-corrected chi connectivity index (χ3v) is 13.2. The van der Waals surface area contributed by atoms with Crippen LogP contribution in [0.25, 0.3) is 42.4 Å². The van der Waals surface area contributed by atoms with Gasteiger partial charge in [-0.05, 0) is 112 Å². The highest BCUT2D eigenvalue weighted by atomic mass is 32.1. The Kier molecular flexibility index (Phi) is 12.7. The monoisotopic (exact) mass is 880 g/mol. The number of hydrogen-bond acceptors (Lipinski definition) is 5. The number of fused-ring (bicyclic) bond motifs is 2. The van der Waals surface area contributed by atoms with Crippen LogP contribution in [0.4, 0.5) is 26.3 Å². The molecule has 0 radical (unpaired) electrons. The lowest BCUT2D eigenvalue weighted by molar-refractivity contribution is -0.138. The van der Waals surface area contributed by atoms with Crippen LogP contribution in [-0.2, 0) is 29.9 Å². The number of ether oxygens (including phenoxy) is 1. The van der Waals surface area contributed by atoms with Crippen molar-refractivity contribution in [1.82, 2.24) is 0 Å². The van der Waals surface area contributed by atoms with E-state index in [-0.39, 0.29) is 11.5 Å². The minimum Gasteiger partial charge on any atom is -0.478 e. The number of carbonyl (C=O) groups excluding carboxylic acids is 1. The minimum absolute atomic E-state index is 0.210. The van der Waals surface area contributed by atoms with E-state index in [1.165, 1.54) is 35.6 Å². The molecular weight excluding hydrogens is 843 g/mol. The molecule has 0 fully saturated rings. The Labute approximate surface area is 361 Å². The number of carbonyl (C=O) groups is 2. The molecule has 4 nitrogen and oxygen atoms in total. The van der Waals surface area contributed by atoms with Crippen molar-refractivity contribution in [2.24, 2.45) is 0 Å². The Morgan fingerprint density at radius 1 is 0.565 bits per heavy atom. The number of esters is 1. The van der Waals surface area contributed by atoms with E-state index in [0.717, 1.165) is 75.4 Å². The van der Waals surface area contributed by atoms with Crippen molar-refractivity contribution in [3.8, 4) is 22.3 Å². The Bertz CT molecular complexity index is 2940. The lowest BCUT2D eigenvalue weighted by Crippen LogP contribution is -2.05. The average Bonchev–Trinajstić information content (AvgIpc) is 3.74. The predicted octanol–water partition coefficient (Wildman–Crippen LogP) is 14.8. The third kappa shape index (κ3) is 9.61. The highest BCUT2D eigenvalue weighted by Gasteiger charge is 2.31. The molecule has 12 heteroatoms. The van der Waals surface area contributed by atoms with E-state index in [1.807, 2.05) is 74.5 Å². The summed E-state index contributed by atoms with van der Waals surface area (Å²) in [5.74, 6) is -1.36. The standard InChI is InChI=1S/C26H21F3O2S.C24H17F3O2S/c1-3-31-25(30)19-9-5-8-18(15-19)22-12-6-11-21-16(2)23(32-24(21)22)14-17-7-4-10-20(13-17)26(27,28)29;1-14-19-9-4-10-20(16-6-3-7-17(13-16)23(28)29)22(19)30-21(14)12-15-5-2-8-18(11-15)24(25,26)27/h4-13,15H,3,14H2,1-2H3;2-11,13H,12H2,1H3,(H,28,29). The van der Waals surface area contributed by atoms with Crippen LogP contribution >= 0.6 is 22.7 Å². The smallest absolute Gasteiger partial charge is 0.416 e. The fourth-order valence-corrected chi connectivity index (χ4v) is 10.1. The zero-order chi connectivity index (χ0) is 44.3. The van der Waals surface area contributed by atoms with Gasteiger partial charge in [-0.1, -0.05) is 97.1 Å². The summed E-state index contributed by atoms with van der Waals surface area (Å²) in [4.78, 5) is 25.5. The highest BCUT2D eigenvalue weighted by Crippen LogP contribution is 2.41. The van der Waals surface area contributed by atoms with E-state index in [2.05, 4.69) is 0 Å². The van der Waals surface area contributed by atoms with Crippen molar-refractivity contribution in [3.63, 3.8) is 0 Å². The first-order valence-corrected chi connectivity index (χ1v) is 21.1. The Morgan fingerprint density at radius 2 is 0.984 bits per heavy atom. The van der Waals surface area contributed by atoms with E-state index in [0.29, 0.717) is 36.1 Å². The van der Waals surface area contributed by atoms with Crippen LogP contribution < -0.4 is 0 Å². The number of aromatic carboxylic acids is 1. The molecule has 1 N–H and O–H groups in total. The number of carboxylic acids is 1. The van der Waals surface area contributed by atoms with E-state index in [4.69, 9.17) is 4.74 Å². The topological polar surface area (TPSA) is 63.6 Å². The molecule has 0 amide bonds. The normalized spacial score (nSPS) is 11.7. The van der Waals surface area contributed by atoms with Crippen molar-refractivity contribution in [2.75, 3.05) is 6.61 Å². The van der Waals surface area contributed by atoms with E-state index >= 15 is 0 Å². The van der Waals surface area contributed by atoms with Gasteiger partial charge in [-0.15, -0.1) is 22.7 Å². The molecule has 0 atom stereocenters. The molecule has 0 saturated carbocycles. The van der Waals surface area contributed by atoms with Gasteiger partial charge in [-0.3, -0.25) is 0 Å². The number of halogens is 6. The van der Waals surface area contributed by atoms with Gasteiger partial charge in [-0.25, -0.2) is 9.59 Å². The second-order valence-electron chi connectivity index (χ2n) is 14.6. The number of thiophene rings is 2. The molecule has 8 rings (SSSR count). The molecular formula is C50H38F6O4S2. The molecule has 8 aromatic rings. The highest BCUT2D eigenvalue weighted by molar-refractivity contribution is 7.20. The maximum Gasteiger partial charge on any atom is 0.416 e. The molecule has 0 aliphatic heterocycles. The van der Waals surface area contributed by atoms with E-state index in [1.54, 1.807) is 54.7 Å². The second-order valence-corrected chi connectivity index (χ2v) is 16.8. The van der Waals surface area contributed by atoms with Crippen LogP contribution in [0.3, 0.4) is 0 Å². The SMILES string of the molecule is CCOC(=O)c1cccc(-c2cccc3c(C)c(Cc4cccc(C(F)(F)F)c4)sc23)c1.Cc1c(Cc2cccc(C(F)(F)F)c2)sc2c(-c3cccc(C(=O)O)c3)cccc12. The van der Waals surface area contributed by atoms with Gasteiger partial charge < -0.3 is 9.84 Å². The number of hydrogen-bond donors (Lipinski definition) is 1. The van der Waals surface area contributed by atoms with Crippen LogP contribution in [0.1, 0.15) is 70.8 Å². The van der Waals surface area contributed by atoms with Gasteiger partial charge in [0.25, 0.3) is 0 Å². The van der Waals surface area contributed by atoms with Crippen molar-refractivity contribution < 1.29 is 45.8 Å². The van der Waals surface area contributed by atoms with Gasteiger partial charge in [0.2, 0.25) is 0 Å². The fourth-order valence-electron chi connectivity index (χ4n) is 7.31. The zero-order valence-corrected chi connectivity index (χ0v) is 35.2. The summed E-state index contributed by atoms with van der Waals surface area (Å²) in [5.41, 5.74) is 6.33. The van der Waals surface area contributed by atoms with Gasteiger partial charge in [0, 0.05) is 32.0 Å². The summed E-state index contributed by atoms with van der Waals surface area (Å²) >= 11 is 3.12. The molecule has 2 heterocycles. The summed E-state index contributed by atoms with van der Waals surface area (Å²) in [5, 5.41) is 11.4. The number of alkyl halides is 6. The van der Waals surface area contributed by atoms with E-state index in [9.17, 15) is 41.0 Å². The summed E-state index contributed by atoms with van der Waals surface area (Å²) < 4.78 is 85.6. The maximum atomic E-state index is 13.1. The lowest BCUT2D eigenvalue weighted by atomic mass is 9.99. The van der Waals surface area contributed by atoms with Gasteiger partial charge in [0.05, 0.1) is 28.9 Å². The summed E-state index contributed by atoms with van der Waals surface area (Å²) in [7, 11) is 0. The third-order valence-electron chi connectivity index (χ3n) is 10.5.